The van der Waals surface area contributed by atoms with Crippen molar-refractivity contribution in [3.63, 3.8) is 0 Å². The molecule has 0 aliphatic carbocycles. The summed E-state index contributed by atoms with van der Waals surface area (Å²) in [7, 11) is 0. The second-order valence-corrected chi connectivity index (χ2v) is 6.75. The third-order valence-electron chi connectivity index (χ3n) is 4.18. The molecule has 0 saturated carbocycles. The maximum atomic E-state index is 12.9. The number of furan rings is 1. The lowest BCUT2D eigenvalue weighted by molar-refractivity contribution is 0.0895. The van der Waals surface area contributed by atoms with Gasteiger partial charge in [0.25, 0.3) is 5.91 Å². The van der Waals surface area contributed by atoms with E-state index in [4.69, 9.17) is 9.15 Å². The van der Waals surface area contributed by atoms with E-state index in [-0.39, 0.29) is 12.0 Å². The van der Waals surface area contributed by atoms with Crippen molar-refractivity contribution in [3.05, 3.63) is 59.9 Å². The van der Waals surface area contributed by atoms with Gasteiger partial charge in [0.2, 0.25) is 0 Å². The van der Waals surface area contributed by atoms with Gasteiger partial charge in [-0.05, 0) is 25.0 Å². The number of anilines is 1. The Balaban J connectivity index is 1.63. The number of ether oxygens (including phenoxy) is 1. The fourth-order valence-corrected chi connectivity index (χ4v) is 3.74. The van der Waals surface area contributed by atoms with Gasteiger partial charge >= 0.3 is 0 Å². The predicted molar refractivity (Wildman–Crippen MR) is 96.9 cm³/mol. The van der Waals surface area contributed by atoms with Crippen LogP contribution in [-0.4, -0.2) is 30.1 Å². The minimum absolute atomic E-state index is 0.0444. The Hall–Kier alpha value is -2.44. The van der Waals surface area contributed by atoms with Crippen LogP contribution in [0.3, 0.4) is 0 Å². The molecule has 2 aromatic heterocycles. The summed E-state index contributed by atoms with van der Waals surface area (Å²) >= 11 is 1.46. The number of nitrogens with zero attached hydrogens (tertiary/aromatic N) is 2. The average molecular weight is 354 g/mol. The molecule has 0 bridgehead atoms. The van der Waals surface area contributed by atoms with Gasteiger partial charge in [-0.15, -0.1) is 11.3 Å². The number of carbonyl (C=O) groups excluding carboxylic acids is 1. The molecule has 5 nitrogen and oxygen atoms in total. The quantitative estimate of drug-likeness (QED) is 0.688. The zero-order valence-corrected chi connectivity index (χ0v) is 14.4. The number of amides is 1. The van der Waals surface area contributed by atoms with Crippen molar-refractivity contribution in [2.24, 2.45) is 0 Å². The Morgan fingerprint density at radius 3 is 2.84 bits per heavy atom. The van der Waals surface area contributed by atoms with Gasteiger partial charge in [0.05, 0.1) is 24.6 Å². The smallest absolute Gasteiger partial charge is 0.295 e. The summed E-state index contributed by atoms with van der Waals surface area (Å²) in [6.45, 7) is 1.24. The number of aromatic nitrogens is 1. The van der Waals surface area contributed by atoms with Crippen LogP contribution >= 0.6 is 11.3 Å². The van der Waals surface area contributed by atoms with Crippen molar-refractivity contribution in [2.45, 2.75) is 18.9 Å². The normalized spacial score (nSPS) is 16.9. The van der Waals surface area contributed by atoms with Gasteiger partial charge in [0, 0.05) is 17.6 Å². The van der Waals surface area contributed by atoms with Crippen LogP contribution in [0.2, 0.25) is 0 Å². The standard InChI is InChI=1S/C19H18N2O3S/c22-18(17-9-5-11-24-17)21(12-15-8-4-10-23-15)19-20-16(13-25-19)14-6-2-1-3-7-14/h1-3,5-7,9,11,13,15H,4,8,10,12H2/t15-/m1/s1. The largest absolute Gasteiger partial charge is 0.459 e. The van der Waals surface area contributed by atoms with Crippen LogP contribution < -0.4 is 4.90 Å². The first-order valence-electron chi connectivity index (χ1n) is 8.29. The lowest BCUT2D eigenvalue weighted by Crippen LogP contribution is -2.37. The number of hydrogen-bond acceptors (Lipinski definition) is 5. The Morgan fingerprint density at radius 2 is 2.12 bits per heavy atom. The molecule has 1 amide bonds. The van der Waals surface area contributed by atoms with Gasteiger partial charge in [0.1, 0.15) is 0 Å². The first-order valence-corrected chi connectivity index (χ1v) is 9.17. The van der Waals surface area contributed by atoms with E-state index >= 15 is 0 Å². The van der Waals surface area contributed by atoms with Crippen LogP contribution in [-0.2, 0) is 4.74 Å². The highest BCUT2D eigenvalue weighted by molar-refractivity contribution is 7.14. The minimum Gasteiger partial charge on any atom is -0.459 e. The zero-order chi connectivity index (χ0) is 17.1. The zero-order valence-electron chi connectivity index (χ0n) is 13.6. The summed E-state index contributed by atoms with van der Waals surface area (Å²) in [5.74, 6) is 0.129. The summed E-state index contributed by atoms with van der Waals surface area (Å²) in [6, 6.07) is 13.3. The van der Waals surface area contributed by atoms with Gasteiger partial charge in [-0.3, -0.25) is 9.69 Å². The van der Waals surface area contributed by atoms with Gasteiger partial charge in [-0.1, -0.05) is 30.3 Å². The van der Waals surface area contributed by atoms with Crippen LogP contribution in [0.5, 0.6) is 0 Å². The SMILES string of the molecule is O=C(c1ccco1)N(C[C@H]1CCCO1)c1nc(-c2ccccc2)cs1. The van der Waals surface area contributed by atoms with Crippen molar-refractivity contribution in [2.75, 3.05) is 18.1 Å². The van der Waals surface area contributed by atoms with Crippen LogP contribution in [0.4, 0.5) is 5.13 Å². The predicted octanol–water partition coefficient (Wildman–Crippen LogP) is 4.23. The van der Waals surface area contributed by atoms with Crippen molar-refractivity contribution in [3.8, 4) is 11.3 Å². The molecular weight excluding hydrogens is 336 g/mol. The summed E-state index contributed by atoms with van der Waals surface area (Å²) < 4.78 is 11.0. The lowest BCUT2D eigenvalue weighted by atomic mass is 10.2. The molecule has 128 valence electrons. The number of rotatable bonds is 5. The monoisotopic (exact) mass is 354 g/mol. The number of benzene rings is 1. The van der Waals surface area contributed by atoms with E-state index in [1.807, 2.05) is 35.7 Å². The number of thiazole rings is 1. The van der Waals surface area contributed by atoms with E-state index < -0.39 is 0 Å². The second kappa shape index (κ2) is 7.21. The molecule has 0 spiro atoms. The maximum absolute atomic E-state index is 12.9. The average Bonchev–Trinajstić information content (AvgIpc) is 3.42. The Morgan fingerprint density at radius 1 is 1.24 bits per heavy atom. The van der Waals surface area contributed by atoms with Gasteiger partial charge in [-0.25, -0.2) is 4.98 Å². The van der Waals surface area contributed by atoms with Crippen molar-refractivity contribution >= 4 is 22.4 Å². The fraction of sp³-hybridized carbons (Fsp3) is 0.263. The Labute approximate surface area is 149 Å². The molecule has 25 heavy (non-hydrogen) atoms. The molecule has 1 saturated heterocycles. The van der Waals surface area contributed by atoms with Crippen molar-refractivity contribution < 1.29 is 13.9 Å². The minimum atomic E-state index is -0.186. The lowest BCUT2D eigenvalue weighted by Gasteiger charge is -2.22. The van der Waals surface area contributed by atoms with E-state index in [1.54, 1.807) is 17.0 Å². The highest BCUT2D eigenvalue weighted by Gasteiger charge is 2.28. The van der Waals surface area contributed by atoms with Crippen LogP contribution in [0.15, 0.2) is 58.5 Å². The third-order valence-corrected chi connectivity index (χ3v) is 5.04. The highest BCUT2D eigenvalue weighted by atomic mass is 32.1. The molecule has 1 fully saturated rings. The van der Waals surface area contributed by atoms with Crippen LogP contribution in [0, 0.1) is 0 Å². The molecule has 1 aliphatic heterocycles. The fourth-order valence-electron chi connectivity index (χ4n) is 2.90. The summed E-state index contributed by atoms with van der Waals surface area (Å²) in [4.78, 5) is 19.2. The molecule has 3 heterocycles. The van der Waals surface area contributed by atoms with Crippen LogP contribution in [0.1, 0.15) is 23.4 Å². The highest BCUT2D eigenvalue weighted by Crippen LogP contribution is 2.29. The molecule has 0 unspecified atom stereocenters. The summed E-state index contributed by atoms with van der Waals surface area (Å²) in [5.41, 5.74) is 1.90. The van der Waals surface area contributed by atoms with Gasteiger partial charge in [0.15, 0.2) is 10.9 Å². The first-order chi connectivity index (χ1) is 12.3. The second-order valence-electron chi connectivity index (χ2n) is 5.91. The van der Waals surface area contributed by atoms with Crippen LogP contribution in [0.25, 0.3) is 11.3 Å². The molecular formula is C19H18N2O3S. The van der Waals surface area contributed by atoms with E-state index in [0.29, 0.717) is 17.4 Å². The maximum Gasteiger partial charge on any atom is 0.295 e. The van der Waals surface area contributed by atoms with E-state index in [0.717, 1.165) is 30.7 Å². The molecule has 1 aromatic carbocycles. The van der Waals surface area contributed by atoms with E-state index in [9.17, 15) is 4.79 Å². The Bertz CT molecular complexity index is 823. The molecule has 1 atom stereocenters. The molecule has 0 radical (unpaired) electrons. The van der Waals surface area contributed by atoms with E-state index in [2.05, 4.69) is 4.98 Å². The molecule has 1 aliphatic rings. The van der Waals surface area contributed by atoms with Gasteiger partial charge < -0.3 is 9.15 Å². The Kier molecular flexibility index (Phi) is 4.63. The topological polar surface area (TPSA) is 55.6 Å². The van der Waals surface area contributed by atoms with Crippen molar-refractivity contribution in [1.29, 1.82) is 0 Å². The first kappa shape index (κ1) is 16.1. The summed E-state index contributed by atoms with van der Waals surface area (Å²) in [5, 5.41) is 2.64. The summed E-state index contributed by atoms with van der Waals surface area (Å²) in [6.07, 6.45) is 3.54. The third kappa shape index (κ3) is 3.50. The molecule has 6 heteroatoms. The van der Waals surface area contributed by atoms with Crippen molar-refractivity contribution in [1.82, 2.24) is 4.98 Å². The number of carbonyl (C=O) groups is 1. The molecule has 4 rings (SSSR count). The van der Waals surface area contributed by atoms with E-state index in [1.165, 1.54) is 17.6 Å². The molecule has 3 aromatic rings. The molecule has 0 N–H and O–H groups in total. The number of hydrogen-bond donors (Lipinski definition) is 0. The van der Waals surface area contributed by atoms with Gasteiger partial charge in [-0.2, -0.15) is 0 Å².